The number of carbonyl (C=O) groups excluding carboxylic acids is 2. The molecule has 0 spiro atoms. The van der Waals surface area contributed by atoms with Crippen LogP contribution in [0.4, 0.5) is 0 Å². The van der Waals surface area contributed by atoms with Gasteiger partial charge in [0, 0.05) is 19.0 Å². The highest BCUT2D eigenvalue weighted by Gasteiger charge is 2.27. The molecule has 174 valence electrons. The molecule has 6 nitrogen and oxygen atoms in total. The maximum atomic E-state index is 13.3. The quantitative estimate of drug-likeness (QED) is 0.566. The van der Waals surface area contributed by atoms with Gasteiger partial charge in [-0.2, -0.15) is 0 Å². The van der Waals surface area contributed by atoms with Crippen molar-refractivity contribution in [3.05, 3.63) is 59.2 Å². The third-order valence-corrected chi connectivity index (χ3v) is 5.85. The molecule has 0 radical (unpaired) electrons. The van der Waals surface area contributed by atoms with Gasteiger partial charge in [-0.05, 0) is 62.4 Å². The predicted molar refractivity (Wildman–Crippen MR) is 127 cm³/mol. The molecular formula is C26H36N2O4. The van der Waals surface area contributed by atoms with E-state index in [0.29, 0.717) is 30.9 Å². The molecule has 2 rings (SSSR count). The summed E-state index contributed by atoms with van der Waals surface area (Å²) in [5.74, 6) is 1.09. The van der Waals surface area contributed by atoms with Crippen LogP contribution in [0.25, 0.3) is 0 Å². The molecule has 0 unspecified atom stereocenters. The number of rotatable bonds is 11. The topological polar surface area (TPSA) is 67.9 Å². The van der Waals surface area contributed by atoms with Crippen LogP contribution in [0.15, 0.2) is 42.5 Å². The van der Waals surface area contributed by atoms with Crippen molar-refractivity contribution < 1.29 is 19.1 Å². The van der Waals surface area contributed by atoms with E-state index in [1.807, 2.05) is 63.2 Å². The van der Waals surface area contributed by atoms with Crippen LogP contribution in [0.1, 0.15) is 50.3 Å². The van der Waals surface area contributed by atoms with Gasteiger partial charge in [-0.3, -0.25) is 9.59 Å². The van der Waals surface area contributed by atoms with Gasteiger partial charge in [0.05, 0.1) is 14.2 Å². The molecule has 0 aromatic heterocycles. The van der Waals surface area contributed by atoms with Gasteiger partial charge >= 0.3 is 0 Å². The first-order valence-corrected chi connectivity index (χ1v) is 11.2. The van der Waals surface area contributed by atoms with Crippen molar-refractivity contribution in [2.24, 2.45) is 0 Å². The van der Waals surface area contributed by atoms with E-state index in [1.54, 1.807) is 26.0 Å². The van der Waals surface area contributed by atoms with Crippen LogP contribution in [0.2, 0.25) is 0 Å². The van der Waals surface area contributed by atoms with E-state index in [4.69, 9.17) is 9.47 Å². The highest BCUT2D eigenvalue weighted by atomic mass is 16.5. The van der Waals surface area contributed by atoms with Gasteiger partial charge in [0.25, 0.3) is 0 Å². The summed E-state index contributed by atoms with van der Waals surface area (Å²) in [5.41, 5.74) is 3.11. The number of hydrogen-bond acceptors (Lipinski definition) is 4. The summed E-state index contributed by atoms with van der Waals surface area (Å²) in [4.78, 5) is 27.8. The number of nitrogens with zero attached hydrogens (tertiary/aromatic N) is 1. The van der Waals surface area contributed by atoms with E-state index in [-0.39, 0.29) is 17.9 Å². The first-order valence-electron chi connectivity index (χ1n) is 11.2. The molecule has 2 amide bonds. The molecule has 0 fully saturated rings. The second kappa shape index (κ2) is 12.1. The van der Waals surface area contributed by atoms with Crippen LogP contribution < -0.4 is 14.8 Å². The fourth-order valence-electron chi connectivity index (χ4n) is 3.45. The minimum absolute atomic E-state index is 0.0603. The van der Waals surface area contributed by atoms with Crippen molar-refractivity contribution >= 4 is 11.8 Å². The largest absolute Gasteiger partial charge is 0.493 e. The summed E-state index contributed by atoms with van der Waals surface area (Å²) in [5, 5.41) is 3.00. The van der Waals surface area contributed by atoms with E-state index in [0.717, 1.165) is 23.1 Å². The minimum atomic E-state index is -0.568. The zero-order valence-corrected chi connectivity index (χ0v) is 20.1. The zero-order valence-electron chi connectivity index (χ0n) is 20.1. The Bertz CT molecular complexity index is 912. The van der Waals surface area contributed by atoms with E-state index in [2.05, 4.69) is 5.32 Å². The number of carbonyl (C=O) groups is 2. The molecule has 32 heavy (non-hydrogen) atoms. The highest BCUT2D eigenvalue weighted by molar-refractivity contribution is 5.87. The van der Waals surface area contributed by atoms with Crippen LogP contribution in [0, 0.1) is 6.92 Å². The zero-order chi connectivity index (χ0) is 23.7. The van der Waals surface area contributed by atoms with E-state index in [1.165, 1.54) is 0 Å². The number of aryl methyl sites for hydroxylation is 2. The molecule has 2 aromatic rings. The third-order valence-electron chi connectivity index (χ3n) is 5.85. The predicted octanol–water partition coefficient (Wildman–Crippen LogP) is 4.28. The molecule has 1 N–H and O–H groups in total. The normalized spacial score (nSPS) is 12.6. The minimum Gasteiger partial charge on any atom is -0.493 e. The first-order chi connectivity index (χ1) is 15.3. The SMILES string of the molecule is CC[C@@H](C)NC(=O)[C@H](C)N(Cc1ccccc1C)C(=O)CCc1ccc(OC)c(OC)c1. The van der Waals surface area contributed by atoms with Gasteiger partial charge < -0.3 is 19.7 Å². The second-order valence-corrected chi connectivity index (χ2v) is 8.13. The second-order valence-electron chi connectivity index (χ2n) is 8.13. The third kappa shape index (κ3) is 6.74. The summed E-state index contributed by atoms with van der Waals surface area (Å²) in [6.45, 7) is 8.20. The monoisotopic (exact) mass is 440 g/mol. The van der Waals surface area contributed by atoms with Gasteiger partial charge in [0.15, 0.2) is 11.5 Å². The maximum absolute atomic E-state index is 13.3. The summed E-state index contributed by atoms with van der Waals surface area (Å²) >= 11 is 0. The average molecular weight is 441 g/mol. The van der Waals surface area contributed by atoms with Crippen molar-refractivity contribution in [1.82, 2.24) is 10.2 Å². The lowest BCUT2D eigenvalue weighted by molar-refractivity contribution is -0.140. The lowest BCUT2D eigenvalue weighted by atomic mass is 10.0. The fraction of sp³-hybridized carbons (Fsp3) is 0.462. The van der Waals surface area contributed by atoms with Gasteiger partial charge in [0.2, 0.25) is 11.8 Å². The van der Waals surface area contributed by atoms with Crippen LogP contribution in [-0.2, 0) is 22.6 Å². The van der Waals surface area contributed by atoms with Crippen LogP contribution in [-0.4, -0.2) is 43.0 Å². The van der Waals surface area contributed by atoms with Crippen molar-refractivity contribution in [3.63, 3.8) is 0 Å². The van der Waals surface area contributed by atoms with E-state index in [9.17, 15) is 9.59 Å². The standard InChI is InChI=1S/C26H36N2O4/c1-7-19(3)27-26(30)20(4)28(17-22-11-9-8-10-18(22)2)25(29)15-13-21-12-14-23(31-5)24(16-21)32-6/h8-12,14,16,19-20H,7,13,15,17H2,1-6H3,(H,27,30)/t19-,20+/m1/s1. The Morgan fingerprint density at radius 3 is 2.34 bits per heavy atom. The molecular weight excluding hydrogens is 404 g/mol. The Kier molecular flexibility index (Phi) is 9.57. The van der Waals surface area contributed by atoms with Crippen molar-refractivity contribution in [1.29, 1.82) is 0 Å². The Hall–Kier alpha value is -3.02. The first kappa shape index (κ1) is 25.2. The van der Waals surface area contributed by atoms with Crippen LogP contribution >= 0.6 is 0 Å². The van der Waals surface area contributed by atoms with Gasteiger partial charge in [-0.15, -0.1) is 0 Å². The van der Waals surface area contributed by atoms with Crippen LogP contribution in [0.5, 0.6) is 11.5 Å². The smallest absolute Gasteiger partial charge is 0.242 e. The van der Waals surface area contributed by atoms with Crippen molar-refractivity contribution in [2.75, 3.05) is 14.2 Å². The Morgan fingerprint density at radius 2 is 1.72 bits per heavy atom. The van der Waals surface area contributed by atoms with Crippen LogP contribution in [0.3, 0.4) is 0 Å². The summed E-state index contributed by atoms with van der Waals surface area (Å²) in [7, 11) is 3.19. The Labute approximate surface area is 191 Å². The molecule has 0 saturated carbocycles. The molecule has 6 heteroatoms. The van der Waals surface area contributed by atoms with E-state index >= 15 is 0 Å². The number of hydrogen-bond donors (Lipinski definition) is 1. The molecule has 2 aromatic carbocycles. The summed E-state index contributed by atoms with van der Waals surface area (Å²) in [6, 6.07) is 13.1. The number of benzene rings is 2. The molecule has 2 atom stereocenters. The van der Waals surface area contributed by atoms with Gasteiger partial charge in [-0.1, -0.05) is 37.3 Å². The summed E-state index contributed by atoms with van der Waals surface area (Å²) < 4.78 is 10.7. The lowest BCUT2D eigenvalue weighted by Gasteiger charge is -2.30. The number of ether oxygens (including phenoxy) is 2. The summed E-state index contributed by atoms with van der Waals surface area (Å²) in [6.07, 6.45) is 1.68. The average Bonchev–Trinajstić information content (AvgIpc) is 2.81. The molecule has 0 saturated heterocycles. The highest BCUT2D eigenvalue weighted by Crippen LogP contribution is 2.28. The fourth-order valence-corrected chi connectivity index (χ4v) is 3.45. The lowest BCUT2D eigenvalue weighted by Crippen LogP contribution is -2.49. The molecule has 0 aliphatic carbocycles. The Balaban J connectivity index is 2.19. The molecule has 0 aliphatic heterocycles. The van der Waals surface area contributed by atoms with E-state index < -0.39 is 6.04 Å². The van der Waals surface area contributed by atoms with Crippen molar-refractivity contribution in [3.8, 4) is 11.5 Å². The van der Waals surface area contributed by atoms with Crippen molar-refractivity contribution in [2.45, 2.75) is 65.6 Å². The van der Waals surface area contributed by atoms with Gasteiger partial charge in [0.1, 0.15) is 6.04 Å². The number of methoxy groups -OCH3 is 2. The molecule has 0 aliphatic rings. The molecule has 0 heterocycles. The maximum Gasteiger partial charge on any atom is 0.242 e. The number of amides is 2. The molecule has 0 bridgehead atoms. The number of nitrogens with one attached hydrogen (secondary N) is 1. The van der Waals surface area contributed by atoms with Gasteiger partial charge in [-0.25, -0.2) is 0 Å². The Morgan fingerprint density at radius 1 is 1.03 bits per heavy atom.